The summed E-state index contributed by atoms with van der Waals surface area (Å²) in [6.07, 6.45) is 15.5. The molecular formula is C45H69N5O10S. The lowest BCUT2D eigenvalue weighted by atomic mass is 10.0. The maximum Gasteiger partial charge on any atom is 0.317 e. The number of aliphatic carboxylic acids is 3. The zero-order valence-electron chi connectivity index (χ0n) is 36.1. The first-order chi connectivity index (χ1) is 29.4. The molecule has 0 atom stereocenters. The molecule has 0 radical (unpaired) electrons. The monoisotopic (exact) mass is 871 g/mol. The zero-order chi connectivity index (χ0) is 44.9. The molecule has 0 aliphatic heterocycles. The van der Waals surface area contributed by atoms with Crippen molar-refractivity contribution >= 4 is 48.3 Å². The van der Waals surface area contributed by atoms with Gasteiger partial charge in [0, 0.05) is 69.7 Å². The maximum atomic E-state index is 13.1. The van der Waals surface area contributed by atoms with Crippen LogP contribution in [0.5, 0.6) is 0 Å². The molecule has 0 spiro atoms. The summed E-state index contributed by atoms with van der Waals surface area (Å²) in [4.78, 5) is 73.7. The molecular weight excluding hydrogens is 803 g/mol. The van der Waals surface area contributed by atoms with Crippen LogP contribution in [-0.4, -0.2) is 126 Å². The second-order valence-electron chi connectivity index (χ2n) is 14.8. The fourth-order valence-electron chi connectivity index (χ4n) is 6.31. The van der Waals surface area contributed by atoms with Gasteiger partial charge in [-0.25, -0.2) is 0 Å². The van der Waals surface area contributed by atoms with Crippen LogP contribution < -0.4 is 16.0 Å². The lowest BCUT2D eigenvalue weighted by Crippen LogP contribution is -2.34. The van der Waals surface area contributed by atoms with Crippen LogP contribution in [0.1, 0.15) is 131 Å². The van der Waals surface area contributed by atoms with Crippen molar-refractivity contribution < 1.29 is 48.8 Å². The third-order valence-corrected chi connectivity index (χ3v) is 9.56. The Hall–Kier alpha value is -4.61. The molecule has 3 amide bonds. The van der Waals surface area contributed by atoms with E-state index >= 15 is 0 Å². The summed E-state index contributed by atoms with van der Waals surface area (Å²) in [5.41, 5.74) is 1.39. The molecule has 1 aromatic rings. The third-order valence-electron chi connectivity index (χ3n) is 9.34. The molecule has 6 N–H and O–H groups in total. The van der Waals surface area contributed by atoms with E-state index in [9.17, 15) is 44.1 Å². The molecule has 0 heterocycles. The molecule has 340 valence electrons. The van der Waals surface area contributed by atoms with Crippen LogP contribution in [0.15, 0.2) is 18.2 Å². The molecule has 16 heteroatoms. The summed E-state index contributed by atoms with van der Waals surface area (Å²) >= 11 is 4.09. The molecule has 0 unspecified atom stereocenters. The third kappa shape index (κ3) is 31.9. The normalized spacial score (nSPS) is 10.7. The second-order valence-corrected chi connectivity index (χ2v) is 15.3. The first-order valence-electron chi connectivity index (χ1n) is 21.6. The highest BCUT2D eigenvalue weighted by Crippen LogP contribution is 2.16. The predicted molar refractivity (Wildman–Crippen MR) is 238 cm³/mol. The van der Waals surface area contributed by atoms with Crippen LogP contribution >= 0.6 is 12.6 Å². The summed E-state index contributed by atoms with van der Waals surface area (Å²) in [7, 11) is 0. The van der Waals surface area contributed by atoms with Gasteiger partial charge < -0.3 is 36.0 Å². The average molecular weight is 872 g/mol. The van der Waals surface area contributed by atoms with Crippen LogP contribution in [0.25, 0.3) is 0 Å². The van der Waals surface area contributed by atoms with Gasteiger partial charge in [-0.1, -0.05) is 76.2 Å². The summed E-state index contributed by atoms with van der Waals surface area (Å²) in [6, 6.07) is 4.89. The topological polar surface area (TPSA) is 215 Å². The van der Waals surface area contributed by atoms with Gasteiger partial charge in [-0.05, 0) is 67.3 Å². The van der Waals surface area contributed by atoms with Crippen LogP contribution in [0.3, 0.4) is 0 Å². The second kappa shape index (κ2) is 36.1. The van der Waals surface area contributed by atoms with Crippen LogP contribution in [0.2, 0.25) is 0 Å². The number of carbonyl (C=O) groups excluding carboxylic acids is 3. The average Bonchev–Trinajstić information content (AvgIpc) is 3.20. The Labute approximate surface area is 367 Å². The van der Waals surface area contributed by atoms with E-state index in [0.29, 0.717) is 49.4 Å². The van der Waals surface area contributed by atoms with Gasteiger partial charge in [0.25, 0.3) is 5.91 Å². The van der Waals surface area contributed by atoms with E-state index < -0.39 is 36.9 Å². The molecule has 61 heavy (non-hydrogen) atoms. The number of carboxylic acids is 3. The van der Waals surface area contributed by atoms with Crippen LogP contribution in [-0.2, 0) is 41.8 Å². The summed E-state index contributed by atoms with van der Waals surface area (Å²) in [5, 5.41) is 36.2. The molecule has 0 aromatic heterocycles. The summed E-state index contributed by atoms with van der Waals surface area (Å²) in [6.45, 7) is 2.79. The van der Waals surface area contributed by atoms with Gasteiger partial charge in [-0.3, -0.25) is 38.6 Å². The minimum atomic E-state index is -1.20. The highest BCUT2D eigenvalue weighted by Gasteiger charge is 2.17. The lowest BCUT2D eigenvalue weighted by Gasteiger charge is -2.21. The number of nitrogens with one attached hydrogen (secondary N) is 3. The minimum Gasteiger partial charge on any atom is -0.480 e. The van der Waals surface area contributed by atoms with Gasteiger partial charge in [0.1, 0.15) is 0 Å². The van der Waals surface area contributed by atoms with E-state index in [1.807, 2.05) is 0 Å². The molecule has 0 aliphatic rings. The number of benzene rings is 1. The van der Waals surface area contributed by atoms with Crippen molar-refractivity contribution in [3.05, 3.63) is 34.9 Å². The number of thiol groups is 1. The molecule has 1 rings (SSSR count). The smallest absolute Gasteiger partial charge is 0.317 e. The quantitative estimate of drug-likeness (QED) is 0.0277. The van der Waals surface area contributed by atoms with E-state index in [0.717, 1.165) is 83.5 Å². The lowest BCUT2D eigenvalue weighted by molar-refractivity contribution is -0.142. The van der Waals surface area contributed by atoms with Crippen LogP contribution in [0, 0.1) is 23.7 Å². The number of nitrogens with zero attached hydrogens (tertiary/aromatic N) is 2. The Bertz CT molecular complexity index is 1590. The van der Waals surface area contributed by atoms with Gasteiger partial charge >= 0.3 is 17.9 Å². The molecule has 0 saturated carbocycles. The van der Waals surface area contributed by atoms with E-state index in [2.05, 4.69) is 52.3 Å². The molecule has 15 nitrogen and oxygen atoms in total. The Morgan fingerprint density at radius 3 is 1.49 bits per heavy atom. The Kier molecular flexibility index (Phi) is 32.2. The largest absolute Gasteiger partial charge is 0.480 e. The highest BCUT2D eigenvalue weighted by molar-refractivity contribution is 7.80. The van der Waals surface area contributed by atoms with Crippen molar-refractivity contribution in [2.45, 2.75) is 123 Å². The van der Waals surface area contributed by atoms with Crippen molar-refractivity contribution in [2.75, 3.05) is 64.8 Å². The molecule has 1 aromatic carbocycles. The van der Waals surface area contributed by atoms with Gasteiger partial charge in [0.2, 0.25) is 11.8 Å². The number of hydrogen-bond donors (Lipinski definition) is 7. The van der Waals surface area contributed by atoms with E-state index in [4.69, 9.17) is 4.74 Å². The number of ether oxygens (including phenoxy) is 1. The Morgan fingerprint density at radius 2 is 1.02 bits per heavy atom. The predicted octanol–water partition coefficient (Wildman–Crippen LogP) is 4.72. The van der Waals surface area contributed by atoms with Gasteiger partial charge in [0.15, 0.2) is 0 Å². The minimum absolute atomic E-state index is 0.0301. The van der Waals surface area contributed by atoms with Crippen molar-refractivity contribution in [3.8, 4) is 23.7 Å². The summed E-state index contributed by atoms with van der Waals surface area (Å²) < 4.78 is 5.57. The Balaban J connectivity index is 2.22. The van der Waals surface area contributed by atoms with Gasteiger partial charge in [0.05, 0.1) is 32.8 Å². The molecule has 0 saturated heterocycles. The molecule has 0 fully saturated rings. The number of carboxylic acid groups (broad SMARTS) is 3. The first kappa shape index (κ1) is 54.4. The number of likely N-dealkylation sites (N-methyl/N-ethyl adjacent to an activating group) is 1. The fourth-order valence-corrected chi connectivity index (χ4v) is 6.43. The number of rotatable bonds is 36. The highest BCUT2D eigenvalue weighted by atomic mass is 32.1. The summed E-state index contributed by atoms with van der Waals surface area (Å²) in [5.74, 6) is 9.12. The standard InChI is InChI=1S/C45H69N5O10S/c1-2-49(34-42(53)54)32-37-29-38(33-50(35-43(55)56)36-44(57)58)31-39(30-37)45(59)48-24-27-60-26-23-46-40(51)21-19-17-15-13-11-9-7-5-3-4-6-8-10-12-14-16-18-20-22-41(52)47-25-28-61/h29-31,61H,2,7-28,32-36H2,1H3,(H,46,51)(H,47,52)(H,48,59)(H,53,54)(H,55,56)(H,57,58). The molecule has 0 bridgehead atoms. The zero-order valence-corrected chi connectivity index (χ0v) is 37.0. The number of carbonyl (C=O) groups is 6. The fraction of sp³-hybridized carbons (Fsp3) is 0.644. The van der Waals surface area contributed by atoms with E-state index in [1.54, 1.807) is 30.0 Å². The number of unbranched alkanes of at least 4 members (excludes halogenated alkanes) is 12. The van der Waals surface area contributed by atoms with Gasteiger partial charge in [-0.15, -0.1) is 0 Å². The first-order valence-corrected chi connectivity index (χ1v) is 22.3. The van der Waals surface area contributed by atoms with E-state index in [-0.39, 0.29) is 56.8 Å². The van der Waals surface area contributed by atoms with Crippen molar-refractivity contribution in [1.29, 1.82) is 0 Å². The van der Waals surface area contributed by atoms with Crippen molar-refractivity contribution in [3.63, 3.8) is 0 Å². The van der Waals surface area contributed by atoms with E-state index in [1.165, 1.54) is 11.3 Å². The number of hydrogen-bond acceptors (Lipinski definition) is 10. The van der Waals surface area contributed by atoms with Crippen molar-refractivity contribution in [1.82, 2.24) is 25.8 Å². The SMILES string of the molecule is CCN(CC(=O)O)Cc1cc(CN(CC(=O)O)CC(=O)O)cc(C(=O)NCCOCCNC(=O)CCCCCCCCC#CC#CCCCCCCCCC(=O)NCCS)c1. The van der Waals surface area contributed by atoms with Crippen molar-refractivity contribution in [2.24, 2.45) is 0 Å². The molecule has 0 aliphatic carbocycles. The Morgan fingerprint density at radius 1 is 0.590 bits per heavy atom. The number of amides is 3. The van der Waals surface area contributed by atoms with Gasteiger partial charge in [-0.2, -0.15) is 12.6 Å². The maximum absolute atomic E-state index is 13.1. The van der Waals surface area contributed by atoms with Crippen LogP contribution in [0.4, 0.5) is 0 Å².